The normalized spacial score (nSPS) is 19.5. The molecule has 1 aromatic heterocycles. The standard InChI is InChI=1S/C14H19F3N2O2/c1-2-18(10-14(15,16)17)7-11-3-5-19(8-11)13(20)12-4-6-21-9-12/h4,6,9,11H,2-3,5,7-8,10H2,1H3. The van der Waals surface area contributed by atoms with E-state index in [0.29, 0.717) is 31.7 Å². The van der Waals surface area contributed by atoms with Crippen molar-refractivity contribution in [2.24, 2.45) is 5.92 Å². The minimum atomic E-state index is -4.18. The van der Waals surface area contributed by atoms with Gasteiger partial charge in [-0.1, -0.05) is 6.92 Å². The lowest BCUT2D eigenvalue weighted by atomic mass is 10.1. The van der Waals surface area contributed by atoms with Crippen LogP contribution in [-0.2, 0) is 0 Å². The van der Waals surface area contributed by atoms with Crippen molar-refractivity contribution in [3.63, 3.8) is 0 Å². The highest BCUT2D eigenvalue weighted by Crippen LogP contribution is 2.22. The Morgan fingerprint density at radius 3 is 2.86 bits per heavy atom. The Kier molecular flexibility index (Phi) is 4.92. The van der Waals surface area contributed by atoms with Gasteiger partial charge in [0.15, 0.2) is 0 Å². The lowest BCUT2D eigenvalue weighted by Gasteiger charge is -2.25. The predicted molar refractivity (Wildman–Crippen MR) is 70.9 cm³/mol. The highest BCUT2D eigenvalue weighted by molar-refractivity contribution is 5.93. The van der Waals surface area contributed by atoms with E-state index in [1.165, 1.54) is 17.4 Å². The van der Waals surface area contributed by atoms with Crippen molar-refractivity contribution >= 4 is 5.91 Å². The Morgan fingerprint density at radius 2 is 2.29 bits per heavy atom. The third-order valence-corrected chi connectivity index (χ3v) is 3.71. The summed E-state index contributed by atoms with van der Waals surface area (Å²) >= 11 is 0. The summed E-state index contributed by atoms with van der Waals surface area (Å²) in [4.78, 5) is 15.2. The summed E-state index contributed by atoms with van der Waals surface area (Å²) in [6.45, 7) is 2.62. The van der Waals surface area contributed by atoms with Gasteiger partial charge in [-0.3, -0.25) is 9.69 Å². The van der Waals surface area contributed by atoms with Gasteiger partial charge in [0.25, 0.3) is 5.91 Å². The highest BCUT2D eigenvalue weighted by Gasteiger charge is 2.33. The summed E-state index contributed by atoms with van der Waals surface area (Å²) in [5, 5.41) is 0. The molecule has 0 saturated carbocycles. The molecule has 7 heteroatoms. The Labute approximate surface area is 121 Å². The molecule has 0 radical (unpaired) electrons. The molecule has 2 rings (SSSR count). The molecule has 1 aromatic rings. The molecule has 1 atom stereocenters. The zero-order valence-electron chi connectivity index (χ0n) is 11.9. The van der Waals surface area contributed by atoms with Crippen LogP contribution in [0.2, 0.25) is 0 Å². The van der Waals surface area contributed by atoms with Crippen LogP contribution >= 0.6 is 0 Å². The van der Waals surface area contributed by atoms with Crippen LogP contribution in [0.5, 0.6) is 0 Å². The fourth-order valence-corrected chi connectivity index (χ4v) is 2.66. The quantitative estimate of drug-likeness (QED) is 0.839. The summed E-state index contributed by atoms with van der Waals surface area (Å²) in [7, 11) is 0. The van der Waals surface area contributed by atoms with Gasteiger partial charge in [-0.25, -0.2) is 0 Å². The molecule has 2 heterocycles. The fraction of sp³-hybridized carbons (Fsp3) is 0.643. The van der Waals surface area contributed by atoms with Crippen LogP contribution in [0.4, 0.5) is 13.2 Å². The summed E-state index contributed by atoms with van der Waals surface area (Å²) in [5.74, 6) is -0.0340. The van der Waals surface area contributed by atoms with Gasteiger partial charge in [0, 0.05) is 19.6 Å². The number of halogens is 3. The van der Waals surface area contributed by atoms with Crippen LogP contribution in [0.25, 0.3) is 0 Å². The number of likely N-dealkylation sites (tertiary alicyclic amines) is 1. The molecule has 1 aliphatic heterocycles. The maximum atomic E-state index is 12.4. The fourth-order valence-electron chi connectivity index (χ4n) is 2.66. The second-order valence-electron chi connectivity index (χ2n) is 5.36. The first-order valence-corrected chi connectivity index (χ1v) is 6.99. The van der Waals surface area contributed by atoms with Gasteiger partial charge in [0.1, 0.15) is 6.26 Å². The summed E-state index contributed by atoms with van der Waals surface area (Å²) in [5.41, 5.74) is 0.485. The first kappa shape index (κ1) is 15.9. The molecule has 0 aliphatic carbocycles. The van der Waals surface area contributed by atoms with Gasteiger partial charge in [-0.05, 0) is 24.9 Å². The smallest absolute Gasteiger partial charge is 0.401 e. The molecule has 0 bridgehead atoms. The molecule has 1 saturated heterocycles. The molecule has 1 fully saturated rings. The second kappa shape index (κ2) is 6.51. The van der Waals surface area contributed by atoms with Crippen LogP contribution in [0.1, 0.15) is 23.7 Å². The van der Waals surface area contributed by atoms with Gasteiger partial charge >= 0.3 is 6.18 Å². The van der Waals surface area contributed by atoms with Gasteiger partial charge in [0.05, 0.1) is 18.4 Å². The highest BCUT2D eigenvalue weighted by atomic mass is 19.4. The Morgan fingerprint density at radius 1 is 1.52 bits per heavy atom. The number of nitrogens with zero attached hydrogens (tertiary/aromatic N) is 2. The maximum absolute atomic E-state index is 12.4. The molecule has 118 valence electrons. The van der Waals surface area contributed by atoms with Crippen molar-refractivity contribution < 1.29 is 22.4 Å². The molecule has 0 aromatic carbocycles. The lowest BCUT2D eigenvalue weighted by Crippen LogP contribution is -2.38. The number of amides is 1. The summed E-state index contributed by atoms with van der Waals surface area (Å²) in [6.07, 6.45) is -0.626. The summed E-state index contributed by atoms with van der Waals surface area (Å²) in [6, 6.07) is 1.59. The first-order valence-electron chi connectivity index (χ1n) is 6.99. The van der Waals surface area contributed by atoms with E-state index >= 15 is 0 Å². The Hall–Kier alpha value is -1.50. The van der Waals surface area contributed by atoms with E-state index in [2.05, 4.69) is 0 Å². The number of hydrogen-bond donors (Lipinski definition) is 0. The third kappa shape index (κ3) is 4.49. The second-order valence-corrected chi connectivity index (χ2v) is 5.36. The minimum absolute atomic E-state index is 0.0863. The van der Waals surface area contributed by atoms with E-state index in [1.54, 1.807) is 17.9 Å². The number of furan rings is 1. The third-order valence-electron chi connectivity index (χ3n) is 3.71. The molecule has 0 N–H and O–H groups in total. The molecular formula is C14H19F3N2O2. The number of carbonyl (C=O) groups excluding carboxylic acids is 1. The van der Waals surface area contributed by atoms with E-state index in [4.69, 9.17) is 4.42 Å². The number of rotatable bonds is 5. The van der Waals surface area contributed by atoms with Crippen molar-refractivity contribution in [3.8, 4) is 0 Å². The molecule has 21 heavy (non-hydrogen) atoms. The molecule has 0 spiro atoms. The van der Waals surface area contributed by atoms with E-state index < -0.39 is 12.7 Å². The number of alkyl halides is 3. The maximum Gasteiger partial charge on any atom is 0.401 e. The first-order chi connectivity index (χ1) is 9.89. The van der Waals surface area contributed by atoms with Crippen molar-refractivity contribution in [2.75, 3.05) is 32.7 Å². The number of hydrogen-bond acceptors (Lipinski definition) is 3. The topological polar surface area (TPSA) is 36.7 Å². The molecular weight excluding hydrogens is 285 g/mol. The van der Waals surface area contributed by atoms with Crippen molar-refractivity contribution in [2.45, 2.75) is 19.5 Å². The zero-order chi connectivity index (χ0) is 15.5. The summed E-state index contributed by atoms with van der Waals surface area (Å²) < 4.78 is 42.2. The largest absolute Gasteiger partial charge is 0.472 e. The zero-order valence-corrected chi connectivity index (χ0v) is 11.9. The molecule has 1 aliphatic rings. The average Bonchev–Trinajstić information content (AvgIpc) is 3.06. The molecule has 1 amide bonds. The molecule has 4 nitrogen and oxygen atoms in total. The predicted octanol–water partition coefficient (Wildman–Crippen LogP) is 2.63. The lowest BCUT2D eigenvalue weighted by molar-refractivity contribution is -0.146. The van der Waals surface area contributed by atoms with Crippen LogP contribution in [0.15, 0.2) is 23.0 Å². The van der Waals surface area contributed by atoms with Crippen molar-refractivity contribution in [3.05, 3.63) is 24.2 Å². The Balaban J connectivity index is 1.86. The van der Waals surface area contributed by atoms with Gasteiger partial charge in [-0.2, -0.15) is 13.2 Å². The van der Waals surface area contributed by atoms with Gasteiger partial charge in [-0.15, -0.1) is 0 Å². The van der Waals surface area contributed by atoms with Crippen molar-refractivity contribution in [1.82, 2.24) is 9.80 Å². The van der Waals surface area contributed by atoms with Crippen LogP contribution in [-0.4, -0.2) is 54.6 Å². The van der Waals surface area contributed by atoms with Gasteiger partial charge in [0.2, 0.25) is 0 Å². The van der Waals surface area contributed by atoms with E-state index in [0.717, 1.165) is 6.42 Å². The van der Waals surface area contributed by atoms with Gasteiger partial charge < -0.3 is 9.32 Å². The van der Waals surface area contributed by atoms with Crippen molar-refractivity contribution in [1.29, 1.82) is 0 Å². The monoisotopic (exact) mass is 304 g/mol. The van der Waals surface area contributed by atoms with Crippen LogP contribution in [0, 0.1) is 5.92 Å². The molecule has 1 unspecified atom stereocenters. The van der Waals surface area contributed by atoms with E-state index in [-0.39, 0.29) is 11.8 Å². The average molecular weight is 304 g/mol. The van der Waals surface area contributed by atoms with Crippen LogP contribution in [0.3, 0.4) is 0 Å². The van der Waals surface area contributed by atoms with Crippen LogP contribution < -0.4 is 0 Å². The van der Waals surface area contributed by atoms with E-state index in [9.17, 15) is 18.0 Å². The Bertz CT molecular complexity index is 459. The van der Waals surface area contributed by atoms with E-state index in [1.807, 2.05) is 0 Å². The SMILES string of the molecule is CCN(CC1CCN(C(=O)c2ccoc2)C1)CC(F)(F)F. The number of carbonyl (C=O) groups is 1. The minimum Gasteiger partial charge on any atom is -0.472 e.